The maximum atomic E-state index is 12.1. The summed E-state index contributed by atoms with van der Waals surface area (Å²) in [7, 11) is 0. The molecule has 0 fully saturated rings. The SMILES string of the molecule is Cc1ccc2nc(NC(=O)CSc3nc(C(C)(C)C)cs3)sc2c1. The lowest BCUT2D eigenvalue weighted by molar-refractivity contribution is -0.113. The number of hydrogen-bond acceptors (Lipinski definition) is 6. The molecule has 4 nitrogen and oxygen atoms in total. The Bertz CT molecular complexity index is 877. The number of fused-ring (bicyclic) bond motifs is 1. The Kier molecular flexibility index (Phi) is 4.94. The fraction of sp³-hybridized carbons (Fsp3) is 0.353. The molecule has 126 valence electrons. The van der Waals surface area contributed by atoms with Gasteiger partial charge in [0.25, 0.3) is 0 Å². The van der Waals surface area contributed by atoms with Crippen LogP contribution in [0.4, 0.5) is 5.13 Å². The third kappa shape index (κ3) is 4.15. The first-order chi connectivity index (χ1) is 11.3. The van der Waals surface area contributed by atoms with Crippen molar-refractivity contribution in [2.45, 2.75) is 37.4 Å². The van der Waals surface area contributed by atoms with Crippen LogP contribution in [-0.4, -0.2) is 21.6 Å². The number of carbonyl (C=O) groups is 1. The van der Waals surface area contributed by atoms with Crippen molar-refractivity contribution < 1.29 is 4.79 Å². The fourth-order valence-electron chi connectivity index (χ4n) is 2.04. The summed E-state index contributed by atoms with van der Waals surface area (Å²) in [6.45, 7) is 8.46. The molecule has 0 aliphatic rings. The smallest absolute Gasteiger partial charge is 0.236 e. The number of amides is 1. The van der Waals surface area contributed by atoms with Crippen LogP contribution in [0.5, 0.6) is 0 Å². The van der Waals surface area contributed by atoms with Gasteiger partial charge in [-0.05, 0) is 24.6 Å². The lowest BCUT2D eigenvalue weighted by atomic mass is 9.93. The van der Waals surface area contributed by atoms with E-state index < -0.39 is 0 Å². The van der Waals surface area contributed by atoms with E-state index in [0.29, 0.717) is 10.9 Å². The third-order valence-corrected chi connectivity index (χ3v) is 6.32. The minimum atomic E-state index is -0.0525. The molecule has 24 heavy (non-hydrogen) atoms. The Morgan fingerprint density at radius 3 is 2.79 bits per heavy atom. The molecule has 0 saturated carbocycles. The number of aromatic nitrogens is 2. The van der Waals surface area contributed by atoms with Crippen molar-refractivity contribution in [3.05, 3.63) is 34.8 Å². The monoisotopic (exact) mass is 377 g/mol. The molecular formula is C17H19N3OS3. The average molecular weight is 378 g/mol. The number of nitrogens with one attached hydrogen (secondary N) is 1. The second-order valence-corrected chi connectivity index (χ2v) is 9.69. The molecule has 1 aromatic carbocycles. The number of thioether (sulfide) groups is 1. The van der Waals surface area contributed by atoms with Gasteiger partial charge >= 0.3 is 0 Å². The molecule has 0 unspecified atom stereocenters. The fourth-order valence-corrected chi connectivity index (χ4v) is 4.87. The van der Waals surface area contributed by atoms with Crippen LogP contribution in [0.3, 0.4) is 0 Å². The summed E-state index contributed by atoms with van der Waals surface area (Å²) in [6.07, 6.45) is 0. The summed E-state index contributed by atoms with van der Waals surface area (Å²) in [6, 6.07) is 6.09. The number of aryl methyl sites for hydroxylation is 1. The molecule has 0 bridgehead atoms. The van der Waals surface area contributed by atoms with Gasteiger partial charge in [-0.25, -0.2) is 9.97 Å². The van der Waals surface area contributed by atoms with Crippen molar-refractivity contribution in [1.82, 2.24) is 9.97 Å². The molecule has 0 atom stereocenters. The second-order valence-electron chi connectivity index (χ2n) is 6.58. The zero-order valence-corrected chi connectivity index (χ0v) is 16.5. The molecule has 0 aliphatic carbocycles. The molecule has 2 heterocycles. The number of nitrogens with zero attached hydrogens (tertiary/aromatic N) is 2. The number of anilines is 1. The van der Waals surface area contributed by atoms with Crippen LogP contribution in [-0.2, 0) is 10.2 Å². The Balaban J connectivity index is 1.59. The molecule has 1 amide bonds. The van der Waals surface area contributed by atoms with E-state index in [1.165, 1.54) is 28.7 Å². The zero-order chi connectivity index (χ0) is 17.3. The maximum Gasteiger partial charge on any atom is 0.236 e. The first-order valence-corrected chi connectivity index (χ1v) is 10.3. The standard InChI is InChI=1S/C17H19N3OS3/c1-10-5-6-11-12(7-10)24-15(18-11)20-14(21)9-23-16-19-13(8-22-16)17(2,3)4/h5-8H,9H2,1-4H3,(H,18,20,21). The highest BCUT2D eigenvalue weighted by molar-refractivity contribution is 8.01. The number of rotatable bonds is 4. The molecule has 1 N–H and O–H groups in total. The van der Waals surface area contributed by atoms with Crippen LogP contribution in [0, 0.1) is 6.92 Å². The van der Waals surface area contributed by atoms with E-state index >= 15 is 0 Å². The number of hydrogen-bond donors (Lipinski definition) is 1. The van der Waals surface area contributed by atoms with Gasteiger partial charge in [0.05, 0.1) is 21.7 Å². The molecule has 0 spiro atoms. The molecule has 2 aromatic heterocycles. The summed E-state index contributed by atoms with van der Waals surface area (Å²) in [5, 5.41) is 5.60. The third-order valence-electron chi connectivity index (χ3n) is 3.37. The second kappa shape index (κ2) is 6.82. The molecular weight excluding hydrogens is 358 g/mol. The van der Waals surface area contributed by atoms with Crippen LogP contribution in [0.25, 0.3) is 10.2 Å². The highest BCUT2D eigenvalue weighted by Gasteiger charge is 2.18. The quantitative estimate of drug-likeness (QED) is 0.644. The lowest BCUT2D eigenvalue weighted by Gasteiger charge is -2.14. The van der Waals surface area contributed by atoms with Gasteiger partial charge in [0, 0.05) is 10.8 Å². The highest BCUT2D eigenvalue weighted by atomic mass is 32.2. The van der Waals surface area contributed by atoms with Crippen molar-refractivity contribution in [2.75, 3.05) is 11.1 Å². The maximum absolute atomic E-state index is 12.1. The van der Waals surface area contributed by atoms with E-state index in [-0.39, 0.29) is 11.3 Å². The normalized spacial score (nSPS) is 11.8. The van der Waals surface area contributed by atoms with E-state index in [9.17, 15) is 4.79 Å². The summed E-state index contributed by atoms with van der Waals surface area (Å²) in [4.78, 5) is 21.2. The summed E-state index contributed by atoms with van der Waals surface area (Å²) in [5.41, 5.74) is 3.22. The van der Waals surface area contributed by atoms with Gasteiger partial charge in [-0.2, -0.15) is 0 Å². The van der Waals surface area contributed by atoms with Crippen molar-refractivity contribution in [2.24, 2.45) is 0 Å². The minimum Gasteiger partial charge on any atom is -0.301 e. The van der Waals surface area contributed by atoms with Crippen molar-refractivity contribution in [1.29, 1.82) is 0 Å². The van der Waals surface area contributed by atoms with Gasteiger partial charge in [0.1, 0.15) is 0 Å². The number of carbonyl (C=O) groups excluding carboxylic acids is 1. The van der Waals surface area contributed by atoms with Gasteiger partial charge in [-0.3, -0.25) is 4.79 Å². The average Bonchev–Trinajstić information content (AvgIpc) is 3.10. The Morgan fingerprint density at radius 1 is 1.29 bits per heavy atom. The van der Waals surface area contributed by atoms with Gasteiger partial charge in [0.15, 0.2) is 9.47 Å². The van der Waals surface area contributed by atoms with E-state index in [4.69, 9.17) is 0 Å². The van der Waals surface area contributed by atoms with Crippen molar-refractivity contribution in [3.8, 4) is 0 Å². The summed E-state index contributed by atoms with van der Waals surface area (Å²) < 4.78 is 2.02. The van der Waals surface area contributed by atoms with Crippen LogP contribution in [0.2, 0.25) is 0 Å². The first-order valence-electron chi connectivity index (χ1n) is 7.57. The van der Waals surface area contributed by atoms with Gasteiger partial charge in [-0.15, -0.1) is 11.3 Å². The Hall–Kier alpha value is -1.44. The zero-order valence-electron chi connectivity index (χ0n) is 14.0. The van der Waals surface area contributed by atoms with E-state index in [2.05, 4.69) is 47.5 Å². The van der Waals surface area contributed by atoms with E-state index in [1.54, 1.807) is 11.3 Å². The number of thiazole rings is 2. The van der Waals surface area contributed by atoms with Gasteiger partial charge in [0.2, 0.25) is 5.91 Å². The Labute approximate surface area is 153 Å². The minimum absolute atomic E-state index is 0.0384. The van der Waals surface area contributed by atoms with Crippen molar-refractivity contribution >= 4 is 55.7 Å². The van der Waals surface area contributed by atoms with Gasteiger partial charge < -0.3 is 5.32 Å². The largest absolute Gasteiger partial charge is 0.301 e. The molecule has 7 heteroatoms. The summed E-state index contributed by atoms with van der Waals surface area (Å²) >= 11 is 4.56. The lowest BCUT2D eigenvalue weighted by Crippen LogP contribution is -2.14. The van der Waals surface area contributed by atoms with Gasteiger partial charge in [-0.1, -0.05) is 49.9 Å². The highest BCUT2D eigenvalue weighted by Crippen LogP contribution is 2.30. The number of benzene rings is 1. The Morgan fingerprint density at radius 2 is 2.08 bits per heavy atom. The topological polar surface area (TPSA) is 54.9 Å². The predicted molar refractivity (Wildman–Crippen MR) is 105 cm³/mol. The van der Waals surface area contributed by atoms with Crippen LogP contribution in [0.15, 0.2) is 27.9 Å². The van der Waals surface area contributed by atoms with Crippen LogP contribution >= 0.6 is 34.4 Å². The van der Waals surface area contributed by atoms with Crippen molar-refractivity contribution in [3.63, 3.8) is 0 Å². The van der Waals surface area contributed by atoms with Crippen LogP contribution in [0.1, 0.15) is 32.0 Å². The molecule has 0 radical (unpaired) electrons. The molecule has 0 saturated heterocycles. The summed E-state index contributed by atoms with van der Waals surface area (Å²) in [5.74, 6) is 0.287. The molecule has 0 aliphatic heterocycles. The molecule has 3 aromatic rings. The van der Waals surface area contributed by atoms with E-state index in [1.807, 2.05) is 19.1 Å². The first kappa shape index (κ1) is 17.4. The molecule has 3 rings (SSSR count). The predicted octanol–water partition coefficient (Wildman–Crippen LogP) is 5.09. The van der Waals surface area contributed by atoms with E-state index in [0.717, 1.165) is 20.3 Å². The van der Waals surface area contributed by atoms with Crippen LogP contribution < -0.4 is 5.32 Å².